The Morgan fingerprint density at radius 2 is 1.76 bits per heavy atom. The quantitative estimate of drug-likeness (QED) is 0.738. The molecule has 6 nitrogen and oxygen atoms in total. The SMILES string of the molecule is O=c1[nH]c2cc3c(cc2c(-c2cccc(F)c2)c1CN1CCOCC1)OCCO3. The van der Waals surface area contributed by atoms with E-state index in [1.807, 2.05) is 12.1 Å². The molecule has 0 atom stereocenters. The molecule has 0 bridgehead atoms. The summed E-state index contributed by atoms with van der Waals surface area (Å²) in [5, 5.41) is 0.808. The van der Waals surface area contributed by atoms with Crippen molar-refractivity contribution >= 4 is 10.9 Å². The molecule has 2 aliphatic heterocycles. The molecule has 2 aliphatic rings. The summed E-state index contributed by atoms with van der Waals surface area (Å²) in [5.74, 6) is 0.891. The zero-order valence-corrected chi connectivity index (χ0v) is 15.9. The number of pyridine rings is 1. The predicted octanol–water partition coefficient (Wildman–Crippen LogP) is 2.94. The smallest absolute Gasteiger partial charge is 0.253 e. The molecule has 29 heavy (non-hydrogen) atoms. The first kappa shape index (κ1) is 18.1. The summed E-state index contributed by atoms with van der Waals surface area (Å²) < 4.78 is 30.9. The molecule has 0 aliphatic carbocycles. The average Bonchev–Trinajstić information content (AvgIpc) is 2.74. The van der Waals surface area contributed by atoms with E-state index in [-0.39, 0.29) is 11.4 Å². The highest BCUT2D eigenvalue weighted by atomic mass is 19.1. The van der Waals surface area contributed by atoms with E-state index in [2.05, 4.69) is 9.88 Å². The second-order valence-corrected chi connectivity index (χ2v) is 7.25. The first-order valence-corrected chi connectivity index (χ1v) is 9.73. The number of nitrogens with one attached hydrogen (secondary N) is 1. The van der Waals surface area contributed by atoms with Crippen LogP contribution in [0.2, 0.25) is 0 Å². The van der Waals surface area contributed by atoms with Crippen LogP contribution in [0.4, 0.5) is 4.39 Å². The van der Waals surface area contributed by atoms with Crippen LogP contribution in [0.25, 0.3) is 22.0 Å². The Labute approximate surface area is 166 Å². The largest absolute Gasteiger partial charge is 0.486 e. The van der Waals surface area contributed by atoms with Crippen LogP contribution in [-0.4, -0.2) is 49.4 Å². The lowest BCUT2D eigenvalue weighted by atomic mass is 9.95. The van der Waals surface area contributed by atoms with Crippen molar-refractivity contribution in [3.63, 3.8) is 0 Å². The summed E-state index contributed by atoms with van der Waals surface area (Å²) in [4.78, 5) is 18.2. The second kappa shape index (κ2) is 7.50. The minimum absolute atomic E-state index is 0.181. The van der Waals surface area contributed by atoms with Crippen molar-refractivity contribution < 1.29 is 18.6 Å². The van der Waals surface area contributed by atoms with E-state index in [0.29, 0.717) is 61.1 Å². The van der Waals surface area contributed by atoms with Crippen molar-refractivity contribution in [1.82, 2.24) is 9.88 Å². The lowest BCUT2D eigenvalue weighted by Crippen LogP contribution is -2.37. The van der Waals surface area contributed by atoms with Crippen LogP contribution in [0.3, 0.4) is 0 Å². The van der Waals surface area contributed by atoms with Gasteiger partial charge in [-0.2, -0.15) is 0 Å². The zero-order valence-electron chi connectivity index (χ0n) is 15.9. The first-order chi connectivity index (χ1) is 14.2. The lowest BCUT2D eigenvalue weighted by Gasteiger charge is -2.27. The first-order valence-electron chi connectivity index (χ1n) is 9.73. The molecule has 7 heteroatoms. The Morgan fingerprint density at radius 3 is 2.52 bits per heavy atom. The molecule has 1 N–H and O–H groups in total. The number of nitrogens with zero attached hydrogens (tertiary/aromatic N) is 1. The molecule has 1 saturated heterocycles. The molecule has 5 rings (SSSR count). The summed E-state index contributed by atoms with van der Waals surface area (Å²) in [6.45, 7) is 4.18. The molecule has 0 amide bonds. The van der Waals surface area contributed by atoms with Crippen molar-refractivity contribution in [2.75, 3.05) is 39.5 Å². The van der Waals surface area contributed by atoms with Gasteiger partial charge in [-0.3, -0.25) is 9.69 Å². The number of H-pyrrole nitrogens is 1. The maximum absolute atomic E-state index is 14.1. The van der Waals surface area contributed by atoms with Gasteiger partial charge in [-0.1, -0.05) is 12.1 Å². The third-order valence-corrected chi connectivity index (χ3v) is 5.37. The average molecular weight is 396 g/mol. The van der Waals surface area contributed by atoms with Crippen LogP contribution in [-0.2, 0) is 11.3 Å². The molecule has 1 aromatic heterocycles. The molecule has 0 unspecified atom stereocenters. The Hall–Kier alpha value is -2.90. The molecule has 0 spiro atoms. The number of benzene rings is 2. The summed E-state index contributed by atoms with van der Waals surface area (Å²) in [5.41, 5.74) is 2.47. The van der Waals surface area contributed by atoms with E-state index in [9.17, 15) is 9.18 Å². The van der Waals surface area contributed by atoms with Crippen LogP contribution >= 0.6 is 0 Å². The summed E-state index contributed by atoms with van der Waals surface area (Å²) in [6, 6.07) is 10.0. The summed E-state index contributed by atoms with van der Waals surface area (Å²) in [6.07, 6.45) is 0. The van der Waals surface area contributed by atoms with Gasteiger partial charge in [0, 0.05) is 42.2 Å². The number of hydrogen-bond acceptors (Lipinski definition) is 5. The second-order valence-electron chi connectivity index (χ2n) is 7.25. The summed E-state index contributed by atoms with van der Waals surface area (Å²) >= 11 is 0. The van der Waals surface area contributed by atoms with Gasteiger partial charge in [0.2, 0.25) is 0 Å². The molecule has 0 saturated carbocycles. The third kappa shape index (κ3) is 3.47. The molecular formula is C22H21FN2O4. The predicted molar refractivity (Wildman–Crippen MR) is 107 cm³/mol. The standard InChI is InChI=1S/C22H21FN2O4/c23-15-3-1-2-14(10-15)21-16-11-19-20(29-9-8-28-19)12-18(16)24-22(26)17(21)13-25-4-6-27-7-5-25/h1-3,10-12H,4-9,13H2,(H,24,26). The number of rotatable bonds is 3. The van der Waals surface area contributed by atoms with Gasteiger partial charge in [-0.25, -0.2) is 4.39 Å². The van der Waals surface area contributed by atoms with Crippen molar-refractivity contribution in [2.24, 2.45) is 0 Å². The topological polar surface area (TPSA) is 63.8 Å². The fourth-order valence-corrected chi connectivity index (χ4v) is 3.98. The van der Waals surface area contributed by atoms with E-state index in [1.165, 1.54) is 12.1 Å². The highest BCUT2D eigenvalue weighted by molar-refractivity contribution is 5.97. The molecule has 150 valence electrons. The maximum Gasteiger partial charge on any atom is 0.253 e. The Bertz CT molecular complexity index is 1120. The van der Waals surface area contributed by atoms with E-state index >= 15 is 0 Å². The number of fused-ring (bicyclic) bond motifs is 2. The van der Waals surface area contributed by atoms with Crippen LogP contribution in [0, 0.1) is 5.82 Å². The Balaban J connectivity index is 1.74. The van der Waals surface area contributed by atoms with Crippen LogP contribution in [0.1, 0.15) is 5.56 Å². The molecule has 3 heterocycles. The van der Waals surface area contributed by atoms with Crippen molar-refractivity contribution in [3.05, 3.63) is 58.1 Å². The monoisotopic (exact) mass is 396 g/mol. The molecule has 2 aromatic carbocycles. The highest BCUT2D eigenvalue weighted by Gasteiger charge is 2.22. The van der Waals surface area contributed by atoms with Gasteiger partial charge in [0.25, 0.3) is 5.56 Å². The van der Waals surface area contributed by atoms with Crippen LogP contribution in [0.15, 0.2) is 41.2 Å². The summed E-state index contributed by atoms with van der Waals surface area (Å²) in [7, 11) is 0. The lowest BCUT2D eigenvalue weighted by molar-refractivity contribution is 0.0341. The molecular weight excluding hydrogens is 375 g/mol. The van der Waals surface area contributed by atoms with Gasteiger partial charge in [-0.05, 0) is 23.8 Å². The zero-order chi connectivity index (χ0) is 19.8. The highest BCUT2D eigenvalue weighted by Crippen LogP contribution is 2.38. The van der Waals surface area contributed by atoms with Gasteiger partial charge in [0.05, 0.1) is 18.7 Å². The number of morpholine rings is 1. The Kier molecular flexibility index (Phi) is 4.69. The normalized spacial score (nSPS) is 16.9. The Morgan fingerprint density at radius 1 is 1.00 bits per heavy atom. The van der Waals surface area contributed by atoms with E-state index in [0.717, 1.165) is 24.0 Å². The molecule has 1 fully saturated rings. The fourth-order valence-electron chi connectivity index (χ4n) is 3.98. The van der Waals surface area contributed by atoms with E-state index in [1.54, 1.807) is 12.1 Å². The number of halogens is 1. The van der Waals surface area contributed by atoms with Crippen molar-refractivity contribution in [3.8, 4) is 22.6 Å². The van der Waals surface area contributed by atoms with E-state index < -0.39 is 0 Å². The van der Waals surface area contributed by atoms with Crippen molar-refractivity contribution in [1.29, 1.82) is 0 Å². The fraction of sp³-hybridized carbons (Fsp3) is 0.318. The van der Waals surface area contributed by atoms with Gasteiger partial charge >= 0.3 is 0 Å². The number of hydrogen-bond donors (Lipinski definition) is 1. The third-order valence-electron chi connectivity index (χ3n) is 5.37. The van der Waals surface area contributed by atoms with Crippen molar-refractivity contribution in [2.45, 2.75) is 6.54 Å². The minimum Gasteiger partial charge on any atom is -0.486 e. The molecule has 3 aromatic rings. The van der Waals surface area contributed by atoms with Gasteiger partial charge in [0.1, 0.15) is 19.0 Å². The van der Waals surface area contributed by atoms with Gasteiger partial charge < -0.3 is 19.2 Å². The molecule has 0 radical (unpaired) electrons. The number of aromatic amines is 1. The van der Waals surface area contributed by atoms with Crippen LogP contribution < -0.4 is 15.0 Å². The van der Waals surface area contributed by atoms with E-state index in [4.69, 9.17) is 14.2 Å². The minimum atomic E-state index is -0.342. The number of ether oxygens (including phenoxy) is 3. The van der Waals surface area contributed by atoms with Gasteiger partial charge in [0.15, 0.2) is 11.5 Å². The van der Waals surface area contributed by atoms with Gasteiger partial charge in [-0.15, -0.1) is 0 Å². The maximum atomic E-state index is 14.1. The van der Waals surface area contributed by atoms with Crippen LogP contribution in [0.5, 0.6) is 11.5 Å². The number of aromatic nitrogens is 1.